The Kier molecular flexibility index (Phi) is 5.01. The van der Waals surface area contributed by atoms with Gasteiger partial charge in [-0.1, -0.05) is 42.5 Å². The van der Waals surface area contributed by atoms with Gasteiger partial charge in [0.15, 0.2) is 11.9 Å². The number of para-hydroxylation sites is 1. The summed E-state index contributed by atoms with van der Waals surface area (Å²) >= 11 is 1.51. The van der Waals surface area contributed by atoms with Crippen molar-refractivity contribution in [2.75, 3.05) is 0 Å². The highest BCUT2D eigenvalue weighted by Crippen LogP contribution is 2.28. The summed E-state index contributed by atoms with van der Waals surface area (Å²) in [6.45, 7) is 1.80. The van der Waals surface area contributed by atoms with E-state index in [2.05, 4.69) is 4.98 Å². The molecule has 3 aromatic rings. The van der Waals surface area contributed by atoms with Crippen LogP contribution in [0.2, 0.25) is 0 Å². The highest BCUT2D eigenvalue weighted by molar-refractivity contribution is 7.18. The minimum Gasteiger partial charge on any atom is -0.455 e. The van der Waals surface area contributed by atoms with E-state index < -0.39 is 6.10 Å². The summed E-state index contributed by atoms with van der Waals surface area (Å²) in [5.74, 6) is -0.439. The summed E-state index contributed by atoms with van der Waals surface area (Å²) in [5.41, 5.74) is 1.52. The van der Waals surface area contributed by atoms with Gasteiger partial charge in [0.1, 0.15) is 5.01 Å². The lowest BCUT2D eigenvalue weighted by Crippen LogP contribution is -2.11. The van der Waals surface area contributed by atoms with Crippen molar-refractivity contribution in [2.24, 2.45) is 0 Å². The molecule has 0 saturated heterocycles. The molecule has 0 N–H and O–H groups in total. The Morgan fingerprint density at radius 3 is 2.50 bits per heavy atom. The molecule has 0 aliphatic rings. The first-order chi connectivity index (χ1) is 11.6. The van der Waals surface area contributed by atoms with Gasteiger partial charge < -0.3 is 4.74 Å². The average Bonchev–Trinajstić information content (AvgIpc) is 3.05. The van der Waals surface area contributed by atoms with Crippen LogP contribution in [0.3, 0.4) is 0 Å². The van der Waals surface area contributed by atoms with Gasteiger partial charge in [-0.3, -0.25) is 9.59 Å². The van der Waals surface area contributed by atoms with Crippen molar-refractivity contribution in [3.63, 3.8) is 0 Å². The third-order valence-electron chi connectivity index (χ3n) is 3.62. The molecule has 1 unspecified atom stereocenters. The zero-order chi connectivity index (χ0) is 16.9. The predicted molar refractivity (Wildman–Crippen MR) is 94.1 cm³/mol. The third-order valence-corrected chi connectivity index (χ3v) is 4.82. The van der Waals surface area contributed by atoms with E-state index in [0.717, 1.165) is 15.2 Å². The number of rotatable bonds is 6. The largest absolute Gasteiger partial charge is 0.455 e. The number of ether oxygens (including phenoxy) is 1. The first kappa shape index (κ1) is 16.3. The van der Waals surface area contributed by atoms with Gasteiger partial charge in [0.25, 0.3) is 0 Å². The van der Waals surface area contributed by atoms with Gasteiger partial charge in [-0.15, -0.1) is 11.3 Å². The van der Waals surface area contributed by atoms with E-state index in [1.807, 2.05) is 30.3 Å². The monoisotopic (exact) mass is 339 g/mol. The summed E-state index contributed by atoms with van der Waals surface area (Å²) < 4.78 is 6.47. The van der Waals surface area contributed by atoms with E-state index in [9.17, 15) is 9.59 Å². The molecule has 0 saturated carbocycles. The number of thiazole rings is 1. The van der Waals surface area contributed by atoms with E-state index in [4.69, 9.17) is 4.74 Å². The second-order valence-electron chi connectivity index (χ2n) is 5.44. The van der Waals surface area contributed by atoms with Crippen LogP contribution in [0.5, 0.6) is 0 Å². The quantitative estimate of drug-likeness (QED) is 0.488. The highest BCUT2D eigenvalue weighted by atomic mass is 32.1. The number of hydrogen-bond acceptors (Lipinski definition) is 5. The van der Waals surface area contributed by atoms with E-state index in [0.29, 0.717) is 5.56 Å². The standard InChI is InChI=1S/C19H17NO3S/c1-13(19-20-15-9-5-6-10-17(15)24-19)23-18(22)12-11-16(21)14-7-3-2-4-8-14/h2-10,13H,11-12H2,1H3. The molecule has 0 fully saturated rings. The summed E-state index contributed by atoms with van der Waals surface area (Å²) in [6.07, 6.45) is -0.194. The maximum atomic E-state index is 12.0. The van der Waals surface area contributed by atoms with Gasteiger partial charge >= 0.3 is 5.97 Å². The topological polar surface area (TPSA) is 56.3 Å². The number of carbonyl (C=O) groups is 2. The lowest BCUT2D eigenvalue weighted by molar-refractivity contribution is -0.148. The number of ketones is 1. The molecule has 1 atom stereocenters. The lowest BCUT2D eigenvalue weighted by Gasteiger charge is -2.10. The van der Waals surface area contributed by atoms with Crippen LogP contribution in [0.25, 0.3) is 10.2 Å². The Morgan fingerprint density at radius 1 is 1.04 bits per heavy atom. The first-order valence-electron chi connectivity index (χ1n) is 7.76. The van der Waals surface area contributed by atoms with Crippen LogP contribution in [0.4, 0.5) is 0 Å². The molecule has 2 aromatic carbocycles. The number of Topliss-reactive ketones (excluding diaryl/α,β-unsaturated/α-hetero) is 1. The fourth-order valence-electron chi connectivity index (χ4n) is 2.35. The minimum absolute atomic E-state index is 0.0554. The molecule has 1 aromatic heterocycles. The summed E-state index contributed by atoms with van der Waals surface area (Å²) in [5, 5.41) is 0.763. The van der Waals surface area contributed by atoms with Crippen molar-refractivity contribution >= 4 is 33.3 Å². The number of aromatic nitrogens is 1. The van der Waals surface area contributed by atoms with Gasteiger partial charge in [0.2, 0.25) is 0 Å². The van der Waals surface area contributed by atoms with Crippen molar-refractivity contribution in [3.8, 4) is 0 Å². The minimum atomic E-state index is -0.415. The van der Waals surface area contributed by atoms with Crippen LogP contribution in [0, 0.1) is 0 Å². The van der Waals surface area contributed by atoms with Crippen molar-refractivity contribution < 1.29 is 14.3 Å². The van der Waals surface area contributed by atoms with E-state index >= 15 is 0 Å². The molecule has 5 heteroatoms. The molecule has 0 aliphatic carbocycles. The first-order valence-corrected chi connectivity index (χ1v) is 8.58. The summed E-state index contributed by atoms with van der Waals surface area (Å²) in [6, 6.07) is 16.8. The Morgan fingerprint density at radius 2 is 1.75 bits per heavy atom. The molecule has 24 heavy (non-hydrogen) atoms. The molecule has 0 aliphatic heterocycles. The number of fused-ring (bicyclic) bond motifs is 1. The molecule has 122 valence electrons. The maximum Gasteiger partial charge on any atom is 0.306 e. The lowest BCUT2D eigenvalue weighted by atomic mass is 10.1. The number of esters is 1. The van der Waals surface area contributed by atoms with Gasteiger partial charge in [-0.05, 0) is 19.1 Å². The highest BCUT2D eigenvalue weighted by Gasteiger charge is 2.17. The van der Waals surface area contributed by atoms with Crippen LogP contribution in [0.15, 0.2) is 54.6 Å². The van der Waals surface area contributed by atoms with Crippen LogP contribution in [0.1, 0.15) is 41.2 Å². The van der Waals surface area contributed by atoms with E-state index in [1.165, 1.54) is 11.3 Å². The average molecular weight is 339 g/mol. The van der Waals surface area contributed by atoms with E-state index in [-0.39, 0.29) is 24.6 Å². The van der Waals surface area contributed by atoms with E-state index in [1.54, 1.807) is 31.2 Å². The van der Waals surface area contributed by atoms with Crippen LogP contribution in [-0.2, 0) is 9.53 Å². The SMILES string of the molecule is CC(OC(=O)CCC(=O)c1ccccc1)c1nc2ccccc2s1. The molecule has 0 amide bonds. The van der Waals surface area contributed by atoms with Crippen LogP contribution >= 0.6 is 11.3 Å². The number of nitrogens with zero attached hydrogens (tertiary/aromatic N) is 1. The molecular weight excluding hydrogens is 322 g/mol. The Balaban J connectivity index is 1.55. The Bertz CT molecular complexity index is 824. The zero-order valence-corrected chi connectivity index (χ0v) is 14.1. The molecule has 0 radical (unpaired) electrons. The second-order valence-corrected chi connectivity index (χ2v) is 6.50. The normalized spacial score (nSPS) is 12.0. The Labute approximate surface area is 144 Å². The van der Waals surface area contributed by atoms with Crippen LogP contribution < -0.4 is 0 Å². The fraction of sp³-hybridized carbons (Fsp3) is 0.211. The Hall–Kier alpha value is -2.53. The van der Waals surface area contributed by atoms with Gasteiger partial charge in [0.05, 0.1) is 16.6 Å². The van der Waals surface area contributed by atoms with Crippen molar-refractivity contribution in [2.45, 2.75) is 25.9 Å². The van der Waals surface area contributed by atoms with Gasteiger partial charge in [-0.2, -0.15) is 0 Å². The van der Waals surface area contributed by atoms with Crippen molar-refractivity contribution in [1.82, 2.24) is 4.98 Å². The van der Waals surface area contributed by atoms with Crippen LogP contribution in [-0.4, -0.2) is 16.7 Å². The molecule has 0 bridgehead atoms. The number of carbonyl (C=O) groups excluding carboxylic acids is 2. The predicted octanol–water partition coefficient (Wildman–Crippen LogP) is 4.56. The molecular formula is C19H17NO3S. The summed E-state index contributed by atoms with van der Waals surface area (Å²) in [4.78, 5) is 28.5. The number of hydrogen-bond donors (Lipinski definition) is 0. The van der Waals surface area contributed by atoms with Gasteiger partial charge in [-0.25, -0.2) is 4.98 Å². The van der Waals surface area contributed by atoms with Crippen molar-refractivity contribution in [3.05, 3.63) is 65.2 Å². The molecule has 1 heterocycles. The second kappa shape index (κ2) is 7.36. The number of benzene rings is 2. The fourth-order valence-corrected chi connectivity index (χ4v) is 3.30. The van der Waals surface area contributed by atoms with Gasteiger partial charge in [0, 0.05) is 12.0 Å². The zero-order valence-electron chi connectivity index (χ0n) is 13.3. The third kappa shape index (κ3) is 3.86. The van der Waals surface area contributed by atoms with Crippen molar-refractivity contribution in [1.29, 1.82) is 0 Å². The maximum absolute atomic E-state index is 12.0. The molecule has 3 rings (SSSR count). The summed E-state index contributed by atoms with van der Waals surface area (Å²) in [7, 11) is 0. The smallest absolute Gasteiger partial charge is 0.306 e. The molecule has 0 spiro atoms. The molecule has 4 nitrogen and oxygen atoms in total.